The summed E-state index contributed by atoms with van der Waals surface area (Å²) in [6, 6.07) is 11.7. The third-order valence-electron chi connectivity index (χ3n) is 8.81. The summed E-state index contributed by atoms with van der Waals surface area (Å²) in [5, 5.41) is 10.6. The number of anilines is 5. The number of nitrogen functional groups attached to an aromatic ring is 1. The van der Waals surface area contributed by atoms with Gasteiger partial charge in [0.25, 0.3) is 0 Å². The number of pyridine rings is 3. The molecule has 0 bridgehead atoms. The van der Waals surface area contributed by atoms with Crippen molar-refractivity contribution in [3.63, 3.8) is 0 Å². The first kappa shape index (κ1) is 52.7. The van der Waals surface area contributed by atoms with E-state index in [-0.39, 0.29) is 10.6 Å². The second kappa shape index (κ2) is 27.5. The zero-order chi connectivity index (χ0) is 47.3. The van der Waals surface area contributed by atoms with Gasteiger partial charge in [0.05, 0.1) is 35.7 Å². The second-order valence-corrected chi connectivity index (χ2v) is 19.4. The number of rotatable bonds is 7. The fourth-order valence-corrected chi connectivity index (χ4v) is 5.91. The van der Waals surface area contributed by atoms with Crippen LogP contribution in [0.25, 0.3) is 33.1 Å². The van der Waals surface area contributed by atoms with Gasteiger partial charge >= 0.3 is 34.5 Å². The van der Waals surface area contributed by atoms with Gasteiger partial charge in [0, 0.05) is 70.0 Å². The molecule has 23 heteroatoms. The van der Waals surface area contributed by atoms with Crippen molar-refractivity contribution in [2.75, 3.05) is 36.0 Å². The topological polar surface area (TPSA) is 217 Å². The third-order valence-corrected chi connectivity index (χ3v) is 9.94. The molecule has 0 unspecified atom stereocenters. The van der Waals surface area contributed by atoms with E-state index in [2.05, 4.69) is 96.1 Å². The Bertz CT molecular complexity index is 2830. The number of aromatic amines is 3. The quantitative estimate of drug-likeness (QED) is 0.0498. The number of hydrogen-bond donors (Lipinski definition) is 6. The van der Waals surface area contributed by atoms with Crippen molar-refractivity contribution in [2.24, 2.45) is 0 Å². The molecule has 0 radical (unpaired) electrons. The van der Waals surface area contributed by atoms with Gasteiger partial charge in [-0.25, -0.2) is 44.9 Å². The normalized spacial score (nSPS) is 10.2. The molecule has 7 N–H and O–H groups in total. The Balaban J connectivity index is 0.000000183. The molecule has 16 nitrogen and oxygen atoms in total. The van der Waals surface area contributed by atoms with Gasteiger partial charge in [0.1, 0.15) is 33.1 Å². The van der Waals surface area contributed by atoms with E-state index in [1.807, 2.05) is 75.8 Å². The SMILES string of the molecule is CCN(CC)CC.Cc1cnc(Cl)nc1Cl.Cc1cnc(Cl)nc1Nc1cnc2[nH]ccc2c1.Cc1cnc(Nc2cnc3[nH]ccc3c2)nc1Cl.Nc1cnc2[nH]ccc2c1.[Cl][Zn][Cl]. The number of nitrogens with zero attached hydrogens (tertiary/aromatic N) is 10. The first-order chi connectivity index (χ1) is 31.3. The summed E-state index contributed by atoms with van der Waals surface area (Å²) in [6.45, 7) is 15.7. The molecule has 0 saturated carbocycles. The summed E-state index contributed by atoms with van der Waals surface area (Å²) < 4.78 is 0. The van der Waals surface area contributed by atoms with Gasteiger partial charge in [-0.1, -0.05) is 44.0 Å². The molecule has 9 heterocycles. The molecule has 0 amide bonds. The minimum absolute atomic E-state index is 0.186. The van der Waals surface area contributed by atoms with Gasteiger partial charge in [-0.2, -0.15) is 0 Å². The fraction of sp³-hybridized carbons (Fsp3) is 0.214. The number of fused-ring (bicyclic) bond motifs is 3. The van der Waals surface area contributed by atoms with E-state index >= 15 is 0 Å². The Kier molecular flexibility index (Phi) is 22.3. The predicted molar refractivity (Wildman–Crippen MR) is 265 cm³/mol. The van der Waals surface area contributed by atoms with Crippen LogP contribution >= 0.6 is 65.8 Å². The van der Waals surface area contributed by atoms with E-state index in [0.717, 1.165) is 61.2 Å². The van der Waals surface area contributed by atoms with E-state index in [4.69, 9.17) is 71.5 Å². The first-order valence-corrected chi connectivity index (χ1v) is 29.1. The number of hydrogen-bond acceptors (Lipinski definition) is 13. The summed E-state index contributed by atoms with van der Waals surface area (Å²) in [5.74, 6) is 1.15. The molecular formula is C42H46Cl6N16Zn. The predicted octanol–water partition coefficient (Wildman–Crippen LogP) is 12.1. The van der Waals surface area contributed by atoms with Gasteiger partial charge in [-0.3, -0.25) is 0 Å². The molecular weight excluding hydrogens is 1010 g/mol. The fourth-order valence-electron chi connectivity index (χ4n) is 5.34. The first-order valence-electron chi connectivity index (χ1n) is 19.8. The van der Waals surface area contributed by atoms with Crippen molar-refractivity contribution in [2.45, 2.75) is 41.5 Å². The molecule has 9 rings (SSSR count). The van der Waals surface area contributed by atoms with E-state index in [1.54, 1.807) is 37.2 Å². The maximum atomic E-state index is 5.95. The van der Waals surface area contributed by atoms with Crippen LogP contribution in [-0.2, 0) is 15.1 Å². The minimum atomic E-state index is -0.931. The molecule has 0 aliphatic rings. The number of halogens is 6. The van der Waals surface area contributed by atoms with E-state index in [0.29, 0.717) is 27.8 Å². The molecule has 0 spiro atoms. The molecule has 0 aromatic carbocycles. The summed E-state index contributed by atoms with van der Waals surface area (Å²) in [6.07, 6.45) is 15.6. The van der Waals surface area contributed by atoms with Gasteiger partial charge < -0.3 is 36.2 Å². The number of aryl methyl sites for hydroxylation is 3. The van der Waals surface area contributed by atoms with Crippen molar-refractivity contribution in [3.8, 4) is 0 Å². The van der Waals surface area contributed by atoms with Crippen LogP contribution in [0, 0.1) is 20.8 Å². The van der Waals surface area contributed by atoms with Gasteiger partial charge in [0.15, 0.2) is 0 Å². The van der Waals surface area contributed by atoms with Crippen LogP contribution in [0.3, 0.4) is 0 Å². The second-order valence-electron chi connectivity index (χ2n) is 13.4. The van der Waals surface area contributed by atoms with E-state index in [9.17, 15) is 0 Å². The number of nitrogens with two attached hydrogens (primary N) is 1. The maximum absolute atomic E-state index is 5.95. The molecule has 9 aromatic rings. The monoisotopic (exact) mass is 1050 g/mol. The van der Waals surface area contributed by atoms with E-state index < -0.39 is 15.1 Å². The van der Waals surface area contributed by atoms with Gasteiger partial charge in [-0.15, -0.1) is 0 Å². The molecule has 0 atom stereocenters. The van der Waals surface area contributed by atoms with Crippen LogP contribution in [0.15, 0.2) is 92.2 Å². The molecule has 0 aliphatic heterocycles. The molecule has 9 aromatic heterocycles. The molecule has 0 aliphatic carbocycles. The van der Waals surface area contributed by atoms with Crippen molar-refractivity contribution in [3.05, 3.63) is 130 Å². The Morgan fingerprint density at radius 3 is 1.45 bits per heavy atom. The molecule has 0 fully saturated rings. The van der Waals surface area contributed by atoms with Crippen LogP contribution in [-0.4, -0.2) is 84.3 Å². The summed E-state index contributed by atoms with van der Waals surface area (Å²) >= 11 is 21.8. The Labute approximate surface area is 412 Å². The summed E-state index contributed by atoms with van der Waals surface area (Å²) in [7, 11) is 9.90. The Hall–Kier alpha value is -4.97. The van der Waals surface area contributed by atoms with Crippen molar-refractivity contribution < 1.29 is 15.1 Å². The Morgan fingerprint density at radius 1 is 0.554 bits per heavy atom. The van der Waals surface area contributed by atoms with Crippen LogP contribution in [0.4, 0.5) is 28.8 Å². The molecule has 0 saturated heterocycles. The Morgan fingerprint density at radius 2 is 0.985 bits per heavy atom. The molecule has 338 valence electrons. The number of nitrogens with one attached hydrogen (secondary N) is 5. The zero-order valence-corrected chi connectivity index (χ0v) is 43.8. The van der Waals surface area contributed by atoms with Crippen molar-refractivity contribution >= 4 is 128 Å². The standard InChI is InChI=1S/2C12H10ClN5.C7H7N3.C6H15N.C5H4Cl2N2.2ClH.Zn/c1-7-5-16-12(13)18-10(7)17-9-4-8-2-3-14-11(8)15-6-9;1-7-5-16-12(18-10(7)13)17-9-4-8-2-3-14-11(8)15-6-9;8-6-3-5-1-2-9-7(5)10-4-6;1-4-7(5-2)6-3;1-3-2-8-5(7)9-4(3)6;;;/h2*2-6H,1H3,(H,14,15)(H,16,17,18);1-4H,8H2,(H,9,10);4-6H2,1-3H3;2H,1H3;2*1H;/q;;;;;;;+2/p-2. The van der Waals surface area contributed by atoms with Crippen molar-refractivity contribution in [1.29, 1.82) is 0 Å². The summed E-state index contributed by atoms with van der Waals surface area (Å²) in [4.78, 5) is 47.8. The van der Waals surface area contributed by atoms with Crippen LogP contribution in [0.5, 0.6) is 0 Å². The number of H-pyrrole nitrogens is 3. The molecule has 65 heavy (non-hydrogen) atoms. The van der Waals surface area contributed by atoms with Gasteiger partial charge in [-0.05, 0) is 100 Å². The average molecular weight is 1050 g/mol. The van der Waals surface area contributed by atoms with E-state index in [1.165, 1.54) is 19.6 Å². The zero-order valence-electron chi connectivity index (χ0n) is 36.3. The van der Waals surface area contributed by atoms with Crippen molar-refractivity contribution in [1.82, 2.24) is 64.7 Å². The summed E-state index contributed by atoms with van der Waals surface area (Å²) in [5.41, 5.74) is 13.1. The average Bonchev–Trinajstić information content (AvgIpc) is 4.08. The third kappa shape index (κ3) is 17.4. The van der Waals surface area contributed by atoms with Crippen LogP contribution in [0.1, 0.15) is 37.5 Å². The van der Waals surface area contributed by atoms with Crippen LogP contribution in [0.2, 0.25) is 20.9 Å². The van der Waals surface area contributed by atoms with Crippen LogP contribution < -0.4 is 16.4 Å². The number of aromatic nitrogens is 12. The van der Waals surface area contributed by atoms with Gasteiger partial charge in [0.2, 0.25) is 16.5 Å².